The van der Waals surface area contributed by atoms with Gasteiger partial charge in [0.15, 0.2) is 0 Å². The summed E-state index contributed by atoms with van der Waals surface area (Å²) in [7, 11) is -3.72. The average molecular weight is 348 g/mol. The maximum atomic E-state index is 13.3. The Labute approximate surface area is 141 Å². The molecule has 1 aliphatic rings. The molecular formula is C17H20N2O4S. The average Bonchev–Trinajstić information content (AvgIpc) is 3.02. The molecule has 1 aromatic carbocycles. The molecule has 1 saturated heterocycles. The highest BCUT2D eigenvalue weighted by atomic mass is 32.2. The van der Waals surface area contributed by atoms with Gasteiger partial charge in [0, 0.05) is 30.6 Å². The highest BCUT2D eigenvalue weighted by Gasteiger charge is 2.37. The Hall–Kier alpha value is -1.99. The molecule has 3 rings (SSSR count). The van der Waals surface area contributed by atoms with Crippen LogP contribution in [0.25, 0.3) is 10.9 Å². The molecule has 24 heavy (non-hydrogen) atoms. The normalized spacial score (nSPS) is 19.0. The molecule has 2 aromatic rings. The first-order chi connectivity index (χ1) is 11.4. The standard InChI is InChI=1S/C17H20N2O4S/c1-12-6-7-13-4-2-10-18-16(13)17(12)24(22,23)19-11-3-5-14(19)8-9-15(20)21/h2,4,6-7,10,14H,3,5,8-9,11H2,1H3,(H,20,21). The van der Waals surface area contributed by atoms with E-state index in [1.165, 1.54) is 4.31 Å². The molecule has 128 valence electrons. The SMILES string of the molecule is Cc1ccc2cccnc2c1S(=O)(=O)N1CCCC1CCC(=O)O. The Kier molecular flexibility index (Phi) is 4.56. The summed E-state index contributed by atoms with van der Waals surface area (Å²) in [6, 6.07) is 7.01. The van der Waals surface area contributed by atoms with E-state index in [9.17, 15) is 13.2 Å². The molecule has 1 aliphatic heterocycles. The lowest BCUT2D eigenvalue weighted by atomic mass is 10.1. The van der Waals surface area contributed by atoms with E-state index in [0.717, 1.165) is 11.8 Å². The lowest BCUT2D eigenvalue weighted by Crippen LogP contribution is -2.36. The van der Waals surface area contributed by atoms with E-state index in [1.54, 1.807) is 25.3 Å². The molecule has 1 N–H and O–H groups in total. The number of sulfonamides is 1. The Morgan fingerprint density at radius 3 is 2.92 bits per heavy atom. The van der Waals surface area contributed by atoms with Crippen LogP contribution in [-0.4, -0.2) is 41.4 Å². The van der Waals surface area contributed by atoms with Crippen LogP contribution in [0.5, 0.6) is 0 Å². The number of rotatable bonds is 5. The Bertz CT molecular complexity index is 879. The van der Waals surface area contributed by atoms with Crippen LogP contribution >= 0.6 is 0 Å². The number of carboxylic acid groups (broad SMARTS) is 1. The zero-order valence-corrected chi connectivity index (χ0v) is 14.3. The number of fused-ring (bicyclic) bond motifs is 1. The van der Waals surface area contributed by atoms with Gasteiger partial charge < -0.3 is 5.11 Å². The molecule has 0 amide bonds. The van der Waals surface area contributed by atoms with Crippen molar-refractivity contribution in [2.75, 3.05) is 6.54 Å². The van der Waals surface area contributed by atoms with Gasteiger partial charge in [-0.05, 0) is 37.8 Å². The first kappa shape index (κ1) is 16.9. The van der Waals surface area contributed by atoms with Crippen LogP contribution in [-0.2, 0) is 14.8 Å². The predicted molar refractivity (Wildman–Crippen MR) is 90.3 cm³/mol. The molecule has 0 bridgehead atoms. The van der Waals surface area contributed by atoms with Gasteiger partial charge in [-0.1, -0.05) is 18.2 Å². The van der Waals surface area contributed by atoms with Crippen LogP contribution < -0.4 is 0 Å². The van der Waals surface area contributed by atoms with Crippen molar-refractivity contribution in [3.63, 3.8) is 0 Å². The van der Waals surface area contributed by atoms with Gasteiger partial charge in [0.1, 0.15) is 4.90 Å². The first-order valence-electron chi connectivity index (χ1n) is 7.99. The number of carbonyl (C=O) groups is 1. The van der Waals surface area contributed by atoms with E-state index in [2.05, 4.69) is 4.98 Å². The molecule has 6 nitrogen and oxygen atoms in total. The van der Waals surface area contributed by atoms with Crippen LogP contribution in [0.1, 0.15) is 31.2 Å². The van der Waals surface area contributed by atoms with Gasteiger partial charge in [-0.2, -0.15) is 4.31 Å². The molecule has 0 saturated carbocycles. The van der Waals surface area contributed by atoms with Gasteiger partial charge >= 0.3 is 5.97 Å². The minimum atomic E-state index is -3.72. The second-order valence-corrected chi connectivity index (χ2v) is 7.96. The third-order valence-corrected chi connectivity index (χ3v) is 6.64. The number of nitrogens with zero attached hydrogens (tertiary/aromatic N) is 2. The van der Waals surface area contributed by atoms with E-state index in [4.69, 9.17) is 5.11 Å². The van der Waals surface area contributed by atoms with Gasteiger partial charge in [-0.3, -0.25) is 9.78 Å². The summed E-state index contributed by atoms with van der Waals surface area (Å²) < 4.78 is 28.0. The number of aryl methyl sites for hydroxylation is 1. The number of aromatic nitrogens is 1. The molecule has 0 spiro atoms. The zero-order chi connectivity index (χ0) is 17.3. The number of aliphatic carboxylic acids is 1. The van der Waals surface area contributed by atoms with Crippen LogP contribution in [0.4, 0.5) is 0 Å². The Balaban J connectivity index is 2.04. The molecule has 1 aromatic heterocycles. The summed E-state index contributed by atoms with van der Waals surface area (Å²) >= 11 is 0. The van der Waals surface area contributed by atoms with Gasteiger partial charge in [-0.15, -0.1) is 0 Å². The molecule has 0 radical (unpaired) electrons. The topological polar surface area (TPSA) is 87.6 Å². The van der Waals surface area contributed by atoms with Crippen LogP contribution in [0, 0.1) is 6.92 Å². The number of carboxylic acids is 1. The molecule has 1 unspecified atom stereocenters. The molecule has 7 heteroatoms. The van der Waals surface area contributed by atoms with E-state index in [0.29, 0.717) is 30.5 Å². The van der Waals surface area contributed by atoms with Crippen molar-refractivity contribution in [3.8, 4) is 0 Å². The fourth-order valence-electron chi connectivity index (χ4n) is 3.37. The third-order valence-electron chi connectivity index (χ3n) is 4.51. The predicted octanol–water partition coefficient (Wildman–Crippen LogP) is 2.56. The fraction of sp³-hybridized carbons (Fsp3) is 0.412. The highest BCUT2D eigenvalue weighted by Crippen LogP contribution is 2.33. The monoisotopic (exact) mass is 348 g/mol. The van der Waals surface area contributed by atoms with Crippen molar-refractivity contribution in [3.05, 3.63) is 36.0 Å². The first-order valence-corrected chi connectivity index (χ1v) is 9.43. The summed E-state index contributed by atoms with van der Waals surface area (Å²) in [6.45, 7) is 2.19. The molecule has 0 aliphatic carbocycles. The second-order valence-electron chi connectivity index (χ2n) is 6.13. The van der Waals surface area contributed by atoms with Gasteiger partial charge in [0.25, 0.3) is 0 Å². The van der Waals surface area contributed by atoms with E-state index < -0.39 is 16.0 Å². The maximum Gasteiger partial charge on any atom is 0.303 e. The molecular weight excluding hydrogens is 328 g/mol. The summed E-state index contributed by atoms with van der Waals surface area (Å²) in [5.74, 6) is -0.901. The number of benzene rings is 1. The minimum Gasteiger partial charge on any atom is -0.481 e. The quantitative estimate of drug-likeness (QED) is 0.897. The minimum absolute atomic E-state index is 0.0243. The summed E-state index contributed by atoms with van der Waals surface area (Å²) in [5, 5.41) is 9.67. The highest BCUT2D eigenvalue weighted by molar-refractivity contribution is 7.89. The smallest absolute Gasteiger partial charge is 0.303 e. The van der Waals surface area contributed by atoms with Crippen molar-refractivity contribution >= 4 is 26.9 Å². The number of pyridine rings is 1. The van der Waals surface area contributed by atoms with Crippen molar-refractivity contribution < 1.29 is 18.3 Å². The van der Waals surface area contributed by atoms with E-state index in [-0.39, 0.29) is 17.4 Å². The fourth-order valence-corrected chi connectivity index (χ4v) is 5.46. The largest absolute Gasteiger partial charge is 0.481 e. The second kappa shape index (κ2) is 6.49. The third kappa shape index (κ3) is 3.01. The number of hydrogen-bond acceptors (Lipinski definition) is 4. The maximum absolute atomic E-state index is 13.3. The molecule has 1 fully saturated rings. The van der Waals surface area contributed by atoms with Gasteiger partial charge in [0.05, 0.1) is 5.52 Å². The zero-order valence-electron chi connectivity index (χ0n) is 13.5. The van der Waals surface area contributed by atoms with Crippen molar-refractivity contribution in [1.82, 2.24) is 9.29 Å². The summed E-state index contributed by atoms with van der Waals surface area (Å²) in [5.41, 5.74) is 1.13. The Morgan fingerprint density at radius 1 is 1.38 bits per heavy atom. The number of hydrogen-bond donors (Lipinski definition) is 1. The lowest BCUT2D eigenvalue weighted by molar-refractivity contribution is -0.137. The van der Waals surface area contributed by atoms with Gasteiger partial charge in [0.2, 0.25) is 10.0 Å². The van der Waals surface area contributed by atoms with Crippen molar-refractivity contribution in [2.45, 2.75) is 43.5 Å². The summed E-state index contributed by atoms with van der Waals surface area (Å²) in [6.07, 6.45) is 3.35. The Morgan fingerprint density at radius 2 is 2.17 bits per heavy atom. The molecule has 2 heterocycles. The lowest BCUT2D eigenvalue weighted by Gasteiger charge is -2.25. The van der Waals surface area contributed by atoms with E-state index >= 15 is 0 Å². The van der Waals surface area contributed by atoms with Crippen molar-refractivity contribution in [2.24, 2.45) is 0 Å². The summed E-state index contributed by atoms with van der Waals surface area (Å²) in [4.78, 5) is 15.4. The van der Waals surface area contributed by atoms with Crippen LogP contribution in [0.3, 0.4) is 0 Å². The van der Waals surface area contributed by atoms with Gasteiger partial charge in [-0.25, -0.2) is 8.42 Å². The van der Waals surface area contributed by atoms with Crippen LogP contribution in [0.2, 0.25) is 0 Å². The van der Waals surface area contributed by atoms with Crippen LogP contribution in [0.15, 0.2) is 35.4 Å². The van der Waals surface area contributed by atoms with E-state index in [1.807, 2.05) is 12.1 Å². The molecule has 1 atom stereocenters. The van der Waals surface area contributed by atoms with Crippen molar-refractivity contribution in [1.29, 1.82) is 0 Å².